The lowest BCUT2D eigenvalue weighted by Crippen LogP contribution is -2.42. The van der Waals surface area contributed by atoms with Crippen LogP contribution in [-0.2, 0) is 17.6 Å². The van der Waals surface area contributed by atoms with Gasteiger partial charge < -0.3 is 20.5 Å². The van der Waals surface area contributed by atoms with Crippen molar-refractivity contribution in [2.45, 2.75) is 43.7 Å². The van der Waals surface area contributed by atoms with Crippen LogP contribution in [0.5, 0.6) is 5.75 Å². The van der Waals surface area contributed by atoms with Crippen LogP contribution in [-0.4, -0.2) is 40.5 Å². The molecule has 4 N–H and O–H groups in total. The second kappa shape index (κ2) is 8.33. The standard InChI is InChI=1S/C27H29N5O2/c1-33-19-7-4-17(5-8-19)14-27(15-20-3-2-12-34-20)16-22-25(31-27)21-9-6-18(23-10-11-29-32-23)13-24(21)30-26(22)28/h4-11,13,20,31H,2-3,12,14-16H2,1H3,(H2,28,30)(H,29,32). The number of nitrogens with zero attached hydrogens (tertiary/aromatic N) is 2. The van der Waals surface area contributed by atoms with E-state index in [0.29, 0.717) is 5.82 Å². The first-order valence-electron chi connectivity index (χ1n) is 11.9. The summed E-state index contributed by atoms with van der Waals surface area (Å²) in [6, 6.07) is 16.6. The molecule has 0 aliphatic carbocycles. The van der Waals surface area contributed by atoms with Crippen LogP contribution < -0.4 is 15.8 Å². The van der Waals surface area contributed by atoms with Crippen molar-refractivity contribution in [3.05, 3.63) is 65.9 Å². The molecule has 2 aromatic heterocycles. The normalized spacial score (nSPS) is 21.5. The summed E-state index contributed by atoms with van der Waals surface area (Å²) in [4.78, 5) is 4.80. The highest BCUT2D eigenvalue weighted by molar-refractivity contribution is 5.98. The zero-order valence-corrected chi connectivity index (χ0v) is 19.3. The Labute approximate surface area is 198 Å². The van der Waals surface area contributed by atoms with E-state index in [1.807, 2.05) is 18.2 Å². The monoisotopic (exact) mass is 455 g/mol. The Hall–Kier alpha value is -3.58. The molecule has 0 saturated carbocycles. The van der Waals surface area contributed by atoms with Gasteiger partial charge in [-0.1, -0.05) is 24.3 Å². The molecular formula is C27H29N5O2. The van der Waals surface area contributed by atoms with E-state index in [9.17, 15) is 0 Å². The minimum absolute atomic E-state index is 0.182. The number of methoxy groups -OCH3 is 1. The maximum absolute atomic E-state index is 6.55. The molecule has 7 nitrogen and oxygen atoms in total. The summed E-state index contributed by atoms with van der Waals surface area (Å²) in [5, 5.41) is 12.1. The van der Waals surface area contributed by atoms with Crippen LogP contribution in [0.1, 0.15) is 30.4 Å². The molecule has 1 fully saturated rings. The third-order valence-corrected chi connectivity index (χ3v) is 7.18. The van der Waals surface area contributed by atoms with Crippen LogP contribution in [0.3, 0.4) is 0 Å². The molecule has 2 aromatic carbocycles. The lowest BCUT2D eigenvalue weighted by Gasteiger charge is -2.33. The molecule has 6 rings (SSSR count). The van der Waals surface area contributed by atoms with Crippen LogP contribution in [0.15, 0.2) is 54.7 Å². The van der Waals surface area contributed by atoms with Gasteiger partial charge in [0.1, 0.15) is 11.6 Å². The Bertz CT molecular complexity index is 1310. The van der Waals surface area contributed by atoms with Crippen molar-refractivity contribution in [3.63, 3.8) is 0 Å². The van der Waals surface area contributed by atoms with Gasteiger partial charge in [-0.05, 0) is 55.5 Å². The van der Waals surface area contributed by atoms with E-state index in [1.165, 1.54) is 5.56 Å². The van der Waals surface area contributed by atoms with E-state index >= 15 is 0 Å². The Morgan fingerprint density at radius 2 is 2.06 bits per heavy atom. The number of rotatable bonds is 6. The number of anilines is 2. The highest BCUT2D eigenvalue weighted by Crippen LogP contribution is 2.45. The summed E-state index contributed by atoms with van der Waals surface area (Å²) < 4.78 is 11.4. The molecule has 1 saturated heterocycles. The first kappa shape index (κ1) is 21.0. The molecule has 0 radical (unpaired) electrons. The largest absolute Gasteiger partial charge is 0.497 e. The summed E-state index contributed by atoms with van der Waals surface area (Å²) in [6.45, 7) is 0.846. The van der Waals surface area contributed by atoms with E-state index < -0.39 is 0 Å². The zero-order chi connectivity index (χ0) is 23.1. The number of pyridine rings is 1. The summed E-state index contributed by atoms with van der Waals surface area (Å²) >= 11 is 0. The van der Waals surface area contributed by atoms with Crippen LogP contribution in [0.4, 0.5) is 11.5 Å². The number of nitrogens with one attached hydrogen (secondary N) is 2. The number of nitrogens with two attached hydrogens (primary N) is 1. The minimum atomic E-state index is -0.182. The summed E-state index contributed by atoms with van der Waals surface area (Å²) in [7, 11) is 1.70. The van der Waals surface area contributed by atoms with Crippen LogP contribution in [0.2, 0.25) is 0 Å². The fourth-order valence-corrected chi connectivity index (χ4v) is 5.55. The van der Waals surface area contributed by atoms with Crippen molar-refractivity contribution in [1.82, 2.24) is 15.2 Å². The van der Waals surface area contributed by atoms with E-state index in [2.05, 4.69) is 45.8 Å². The van der Waals surface area contributed by atoms with Gasteiger partial charge in [-0.2, -0.15) is 5.10 Å². The molecule has 2 aliphatic rings. The number of aromatic nitrogens is 3. The van der Waals surface area contributed by atoms with Gasteiger partial charge in [0.2, 0.25) is 0 Å². The van der Waals surface area contributed by atoms with Crippen LogP contribution in [0, 0.1) is 0 Å². The molecule has 4 aromatic rings. The van der Waals surface area contributed by atoms with Gasteiger partial charge in [0.05, 0.1) is 30.1 Å². The number of hydrogen-bond acceptors (Lipinski definition) is 6. The number of nitrogen functional groups attached to an aromatic ring is 1. The van der Waals surface area contributed by atoms with E-state index in [0.717, 1.165) is 77.9 Å². The molecule has 2 aliphatic heterocycles. The summed E-state index contributed by atoms with van der Waals surface area (Å²) in [6.07, 6.45) is 6.87. The number of H-pyrrole nitrogens is 1. The van der Waals surface area contributed by atoms with Gasteiger partial charge in [-0.15, -0.1) is 0 Å². The smallest absolute Gasteiger partial charge is 0.129 e. The topological polar surface area (TPSA) is 98.1 Å². The molecule has 2 unspecified atom stereocenters. The van der Waals surface area contributed by atoms with Gasteiger partial charge in [0.25, 0.3) is 0 Å². The molecule has 2 atom stereocenters. The maximum atomic E-state index is 6.55. The number of ether oxygens (including phenoxy) is 2. The minimum Gasteiger partial charge on any atom is -0.497 e. The van der Waals surface area contributed by atoms with E-state index in [-0.39, 0.29) is 11.6 Å². The van der Waals surface area contributed by atoms with Gasteiger partial charge in [-0.3, -0.25) is 5.10 Å². The van der Waals surface area contributed by atoms with E-state index in [4.69, 9.17) is 20.2 Å². The van der Waals surface area contributed by atoms with Crippen molar-refractivity contribution in [2.24, 2.45) is 0 Å². The second-order valence-electron chi connectivity index (χ2n) is 9.50. The fourth-order valence-electron chi connectivity index (χ4n) is 5.55. The van der Waals surface area contributed by atoms with Crippen LogP contribution in [0.25, 0.3) is 22.2 Å². The number of aromatic amines is 1. The first-order valence-corrected chi connectivity index (χ1v) is 11.9. The summed E-state index contributed by atoms with van der Waals surface area (Å²) in [5.41, 5.74) is 12.7. The number of fused-ring (bicyclic) bond motifs is 3. The molecule has 0 amide bonds. The van der Waals surface area contributed by atoms with Crippen LogP contribution >= 0.6 is 0 Å². The Morgan fingerprint density at radius 3 is 2.79 bits per heavy atom. The molecule has 7 heteroatoms. The molecule has 4 heterocycles. The predicted molar refractivity (Wildman–Crippen MR) is 134 cm³/mol. The van der Waals surface area contributed by atoms with Gasteiger partial charge in [0.15, 0.2) is 0 Å². The van der Waals surface area contributed by atoms with Crippen molar-refractivity contribution >= 4 is 22.4 Å². The second-order valence-corrected chi connectivity index (χ2v) is 9.50. The quantitative estimate of drug-likeness (QED) is 0.389. The Morgan fingerprint density at radius 1 is 1.18 bits per heavy atom. The van der Waals surface area contributed by atoms with Gasteiger partial charge >= 0.3 is 0 Å². The third kappa shape index (κ3) is 3.76. The molecule has 0 spiro atoms. The Balaban J connectivity index is 1.39. The average Bonchev–Trinajstić information content (AvgIpc) is 3.61. The van der Waals surface area contributed by atoms with Crippen molar-refractivity contribution in [3.8, 4) is 17.0 Å². The van der Waals surface area contributed by atoms with E-state index in [1.54, 1.807) is 13.3 Å². The first-order chi connectivity index (χ1) is 16.6. The molecular weight excluding hydrogens is 426 g/mol. The highest BCUT2D eigenvalue weighted by Gasteiger charge is 2.42. The molecule has 34 heavy (non-hydrogen) atoms. The zero-order valence-electron chi connectivity index (χ0n) is 19.3. The number of benzene rings is 2. The van der Waals surface area contributed by atoms with Crippen molar-refractivity contribution in [1.29, 1.82) is 0 Å². The maximum Gasteiger partial charge on any atom is 0.129 e. The van der Waals surface area contributed by atoms with Gasteiger partial charge in [-0.25, -0.2) is 4.98 Å². The SMILES string of the molecule is COc1ccc(CC2(CC3CCCO3)Cc3c(N)nc4cc(-c5ccn[nH]5)ccc4c3N2)cc1. The lowest BCUT2D eigenvalue weighted by atomic mass is 9.82. The average molecular weight is 456 g/mol. The molecule has 174 valence electrons. The van der Waals surface area contributed by atoms with Crippen molar-refractivity contribution < 1.29 is 9.47 Å². The Kier molecular flexibility index (Phi) is 5.14. The number of hydrogen-bond donors (Lipinski definition) is 3. The predicted octanol–water partition coefficient (Wildman–Crippen LogP) is 4.73. The fraction of sp³-hybridized carbons (Fsp3) is 0.333. The van der Waals surface area contributed by atoms with Gasteiger partial charge in [0, 0.05) is 41.3 Å². The third-order valence-electron chi connectivity index (χ3n) is 7.18. The highest BCUT2D eigenvalue weighted by atomic mass is 16.5. The van der Waals surface area contributed by atoms with Crippen molar-refractivity contribution in [2.75, 3.05) is 24.8 Å². The lowest BCUT2D eigenvalue weighted by molar-refractivity contribution is 0.0874. The summed E-state index contributed by atoms with van der Waals surface area (Å²) in [5.74, 6) is 1.47. The molecule has 0 bridgehead atoms.